The zero-order valence-electron chi connectivity index (χ0n) is 15.1. The Balaban J connectivity index is 1.47. The zero-order valence-corrected chi connectivity index (χ0v) is 15.1. The number of nitrogens with one attached hydrogen (secondary N) is 3. The lowest BCUT2D eigenvalue weighted by molar-refractivity contribution is -0.127. The van der Waals surface area contributed by atoms with Crippen molar-refractivity contribution in [1.29, 1.82) is 0 Å². The predicted molar refractivity (Wildman–Crippen MR) is 96.8 cm³/mol. The molecule has 1 aromatic carbocycles. The highest BCUT2D eigenvalue weighted by atomic mass is 16.2. The van der Waals surface area contributed by atoms with Gasteiger partial charge in [0.25, 0.3) is 11.8 Å². The number of urea groups is 1. The highest BCUT2D eigenvalue weighted by Gasteiger charge is 2.51. The standard InChI is InChI=1S/C18H22N6O3/c1-2-7-18(16(26)19-17(27)20-18)12-5-8-24(9-6-12)15(25)11-3-4-13-14(10-11)22-23-21-13/h3-4,10,12H,2,5-9H2,1H3,(H,21,22,23)(H2,19,20,26,27)/t18-/m1/s1. The molecule has 2 saturated heterocycles. The number of benzene rings is 1. The van der Waals surface area contributed by atoms with Gasteiger partial charge in [-0.05, 0) is 43.4 Å². The molecule has 2 aliphatic rings. The first-order chi connectivity index (χ1) is 13.0. The molecule has 0 saturated carbocycles. The molecule has 3 N–H and O–H groups in total. The lowest BCUT2D eigenvalue weighted by Crippen LogP contribution is -2.56. The minimum absolute atomic E-state index is 0.0194. The van der Waals surface area contributed by atoms with Gasteiger partial charge in [0.15, 0.2) is 0 Å². The third-order valence-electron chi connectivity index (χ3n) is 5.66. The molecule has 1 atom stereocenters. The molecule has 9 heteroatoms. The van der Waals surface area contributed by atoms with E-state index in [0.29, 0.717) is 43.4 Å². The van der Waals surface area contributed by atoms with Gasteiger partial charge in [-0.15, -0.1) is 0 Å². The summed E-state index contributed by atoms with van der Waals surface area (Å²) >= 11 is 0. The average Bonchev–Trinajstić information content (AvgIpc) is 3.25. The van der Waals surface area contributed by atoms with Crippen molar-refractivity contribution < 1.29 is 14.4 Å². The molecule has 0 unspecified atom stereocenters. The van der Waals surface area contributed by atoms with Crippen LogP contribution >= 0.6 is 0 Å². The second-order valence-corrected chi connectivity index (χ2v) is 7.22. The van der Waals surface area contributed by atoms with Crippen LogP contribution in [0.15, 0.2) is 18.2 Å². The lowest BCUT2D eigenvalue weighted by atomic mass is 9.75. The molecule has 142 valence electrons. The number of piperidine rings is 1. The zero-order chi connectivity index (χ0) is 19.0. The second kappa shape index (κ2) is 6.64. The number of carbonyl (C=O) groups excluding carboxylic acids is 3. The highest BCUT2D eigenvalue weighted by molar-refractivity contribution is 6.07. The van der Waals surface area contributed by atoms with E-state index in [2.05, 4.69) is 26.0 Å². The van der Waals surface area contributed by atoms with Crippen LogP contribution in [0.3, 0.4) is 0 Å². The van der Waals surface area contributed by atoms with Gasteiger partial charge >= 0.3 is 6.03 Å². The number of hydrogen-bond acceptors (Lipinski definition) is 5. The molecule has 0 spiro atoms. The largest absolute Gasteiger partial charge is 0.339 e. The van der Waals surface area contributed by atoms with Gasteiger partial charge in [0.1, 0.15) is 16.6 Å². The van der Waals surface area contributed by atoms with Crippen molar-refractivity contribution in [3.8, 4) is 0 Å². The van der Waals surface area contributed by atoms with Gasteiger partial charge in [0.05, 0.1) is 0 Å². The molecular weight excluding hydrogens is 348 g/mol. The first-order valence-corrected chi connectivity index (χ1v) is 9.27. The van der Waals surface area contributed by atoms with Crippen molar-refractivity contribution in [2.75, 3.05) is 13.1 Å². The number of aromatic nitrogens is 3. The molecule has 1 aromatic heterocycles. The van der Waals surface area contributed by atoms with E-state index in [1.807, 2.05) is 6.92 Å². The van der Waals surface area contributed by atoms with Crippen LogP contribution in [-0.4, -0.2) is 56.8 Å². The van der Waals surface area contributed by atoms with Gasteiger partial charge in [0.2, 0.25) is 0 Å². The summed E-state index contributed by atoms with van der Waals surface area (Å²) in [5.41, 5.74) is 1.10. The molecule has 9 nitrogen and oxygen atoms in total. The number of amides is 4. The molecule has 3 heterocycles. The minimum atomic E-state index is -0.847. The molecule has 0 bridgehead atoms. The van der Waals surface area contributed by atoms with E-state index in [4.69, 9.17) is 0 Å². The first kappa shape index (κ1) is 17.4. The van der Waals surface area contributed by atoms with Crippen LogP contribution in [0.1, 0.15) is 43.0 Å². The summed E-state index contributed by atoms with van der Waals surface area (Å²) in [6.45, 7) is 3.10. The van der Waals surface area contributed by atoms with Crippen LogP contribution in [0.2, 0.25) is 0 Å². The smallest absolute Gasteiger partial charge is 0.322 e. The SMILES string of the molecule is CCC[C@]1(C2CCN(C(=O)c3ccc4n[nH]nc4c3)CC2)NC(=O)NC1=O. The monoisotopic (exact) mass is 370 g/mol. The maximum atomic E-state index is 12.8. The maximum absolute atomic E-state index is 12.8. The Kier molecular flexibility index (Phi) is 4.29. The van der Waals surface area contributed by atoms with Gasteiger partial charge in [0, 0.05) is 18.7 Å². The third-order valence-corrected chi connectivity index (χ3v) is 5.66. The van der Waals surface area contributed by atoms with Crippen molar-refractivity contribution in [2.45, 2.75) is 38.1 Å². The fraction of sp³-hybridized carbons (Fsp3) is 0.500. The molecule has 4 rings (SSSR count). The summed E-state index contributed by atoms with van der Waals surface area (Å²) in [6.07, 6.45) is 2.74. The summed E-state index contributed by atoms with van der Waals surface area (Å²) < 4.78 is 0. The van der Waals surface area contributed by atoms with Crippen molar-refractivity contribution in [3.05, 3.63) is 23.8 Å². The number of imide groups is 1. The van der Waals surface area contributed by atoms with Gasteiger partial charge in [-0.3, -0.25) is 14.9 Å². The quantitative estimate of drug-likeness (QED) is 0.698. The fourth-order valence-corrected chi connectivity index (χ4v) is 4.30. The number of fused-ring (bicyclic) bond motifs is 1. The van der Waals surface area contributed by atoms with E-state index in [9.17, 15) is 14.4 Å². The number of likely N-dealkylation sites (tertiary alicyclic amines) is 1. The van der Waals surface area contributed by atoms with E-state index in [1.165, 1.54) is 0 Å². The lowest BCUT2D eigenvalue weighted by Gasteiger charge is -2.40. The first-order valence-electron chi connectivity index (χ1n) is 9.27. The van der Waals surface area contributed by atoms with Crippen LogP contribution in [0, 0.1) is 5.92 Å². The summed E-state index contributed by atoms with van der Waals surface area (Å²) in [6, 6.07) is 4.83. The summed E-state index contributed by atoms with van der Waals surface area (Å²) in [5, 5.41) is 15.8. The van der Waals surface area contributed by atoms with E-state index < -0.39 is 11.6 Å². The molecule has 2 aromatic rings. The van der Waals surface area contributed by atoms with Crippen molar-refractivity contribution in [3.63, 3.8) is 0 Å². The van der Waals surface area contributed by atoms with Crippen molar-refractivity contribution in [1.82, 2.24) is 30.9 Å². The Morgan fingerprint density at radius 1 is 1.22 bits per heavy atom. The second-order valence-electron chi connectivity index (χ2n) is 7.22. The van der Waals surface area contributed by atoms with Gasteiger partial charge < -0.3 is 10.2 Å². The molecule has 0 aliphatic carbocycles. The van der Waals surface area contributed by atoms with E-state index in [0.717, 1.165) is 11.9 Å². The minimum Gasteiger partial charge on any atom is -0.339 e. The summed E-state index contributed by atoms with van der Waals surface area (Å²) in [7, 11) is 0. The number of H-pyrrole nitrogens is 1. The Morgan fingerprint density at radius 2 is 1.96 bits per heavy atom. The van der Waals surface area contributed by atoms with Crippen LogP contribution in [-0.2, 0) is 4.79 Å². The van der Waals surface area contributed by atoms with Crippen molar-refractivity contribution >= 4 is 28.9 Å². The molecule has 2 fully saturated rings. The van der Waals surface area contributed by atoms with Crippen LogP contribution in [0.25, 0.3) is 11.0 Å². The highest BCUT2D eigenvalue weighted by Crippen LogP contribution is 2.34. The Morgan fingerprint density at radius 3 is 2.63 bits per heavy atom. The number of carbonyl (C=O) groups is 3. The Bertz CT molecular complexity index is 901. The van der Waals surface area contributed by atoms with Crippen LogP contribution < -0.4 is 10.6 Å². The van der Waals surface area contributed by atoms with E-state index >= 15 is 0 Å². The summed E-state index contributed by atoms with van der Waals surface area (Å²) in [5.74, 6) is -0.274. The number of rotatable bonds is 4. The topological polar surface area (TPSA) is 120 Å². The van der Waals surface area contributed by atoms with E-state index in [1.54, 1.807) is 23.1 Å². The Hall–Kier alpha value is -2.97. The molecule has 0 radical (unpaired) electrons. The maximum Gasteiger partial charge on any atom is 0.322 e. The van der Waals surface area contributed by atoms with Crippen molar-refractivity contribution in [2.24, 2.45) is 5.92 Å². The molecular formula is C18H22N6O3. The average molecular weight is 370 g/mol. The van der Waals surface area contributed by atoms with Gasteiger partial charge in [-0.25, -0.2) is 4.79 Å². The van der Waals surface area contributed by atoms with Crippen LogP contribution in [0.4, 0.5) is 4.79 Å². The number of nitrogens with zero attached hydrogens (tertiary/aromatic N) is 3. The predicted octanol–water partition coefficient (Wildman–Crippen LogP) is 1.19. The molecule has 4 amide bonds. The van der Waals surface area contributed by atoms with E-state index in [-0.39, 0.29) is 17.7 Å². The third kappa shape index (κ3) is 2.92. The molecule has 2 aliphatic heterocycles. The van der Waals surface area contributed by atoms with Gasteiger partial charge in [-0.2, -0.15) is 15.4 Å². The fourth-order valence-electron chi connectivity index (χ4n) is 4.30. The van der Waals surface area contributed by atoms with Crippen LogP contribution in [0.5, 0.6) is 0 Å². The van der Waals surface area contributed by atoms with Gasteiger partial charge in [-0.1, -0.05) is 13.3 Å². The number of hydrogen-bond donors (Lipinski definition) is 3. The molecule has 27 heavy (non-hydrogen) atoms. The number of aromatic amines is 1. The summed E-state index contributed by atoms with van der Waals surface area (Å²) in [4.78, 5) is 38.8. The normalized spacial score (nSPS) is 23.5. The Labute approximate surface area is 155 Å².